The molecule has 0 spiro atoms. The number of rotatable bonds is 6. The van der Waals surface area contributed by atoms with Gasteiger partial charge in [0.1, 0.15) is 11.6 Å². The van der Waals surface area contributed by atoms with Crippen molar-refractivity contribution >= 4 is 29.3 Å². The monoisotopic (exact) mass is 395 g/mol. The molecular weight excluding hydrogens is 374 g/mol. The molecule has 2 aromatic carbocycles. The standard InChI is InChI=1S/C21H21N5O.ClH/c1-14(15-4-3-5-18(8-15)27-2)10-23-21-13-22-20-9-16(6-7-19(20)26-21)17-11-24-25-12-17;/h3-9,11-14H,10H2,1-2H3,(H,23,26)(H,24,25);1H/t14-;/m0./s1. The first kappa shape index (κ1) is 19.6. The minimum absolute atomic E-state index is 0. The van der Waals surface area contributed by atoms with E-state index in [9.17, 15) is 0 Å². The zero-order valence-corrected chi connectivity index (χ0v) is 16.5. The lowest BCUT2D eigenvalue weighted by Gasteiger charge is -2.14. The van der Waals surface area contributed by atoms with Crippen LogP contribution >= 0.6 is 12.4 Å². The summed E-state index contributed by atoms with van der Waals surface area (Å²) < 4.78 is 5.30. The molecule has 2 heterocycles. The van der Waals surface area contributed by atoms with Gasteiger partial charge in [-0.1, -0.05) is 25.1 Å². The normalized spacial score (nSPS) is 11.6. The Bertz CT molecular complexity index is 1050. The lowest BCUT2D eigenvalue weighted by molar-refractivity contribution is 0.414. The van der Waals surface area contributed by atoms with E-state index >= 15 is 0 Å². The first-order chi connectivity index (χ1) is 13.2. The summed E-state index contributed by atoms with van der Waals surface area (Å²) in [6, 6.07) is 14.2. The highest BCUT2D eigenvalue weighted by Gasteiger charge is 2.08. The van der Waals surface area contributed by atoms with Gasteiger partial charge >= 0.3 is 0 Å². The van der Waals surface area contributed by atoms with Crippen LogP contribution in [0.15, 0.2) is 61.1 Å². The molecule has 0 fully saturated rings. The highest BCUT2D eigenvalue weighted by Crippen LogP contribution is 2.23. The zero-order chi connectivity index (χ0) is 18.6. The van der Waals surface area contributed by atoms with Crippen LogP contribution in [0.3, 0.4) is 0 Å². The van der Waals surface area contributed by atoms with Crippen LogP contribution in [0.4, 0.5) is 5.82 Å². The molecule has 4 aromatic rings. The number of benzene rings is 2. The summed E-state index contributed by atoms with van der Waals surface area (Å²) in [4.78, 5) is 9.23. The average molecular weight is 396 g/mol. The number of aromatic nitrogens is 4. The van der Waals surface area contributed by atoms with Crippen molar-refractivity contribution in [2.75, 3.05) is 19.0 Å². The van der Waals surface area contributed by atoms with E-state index in [1.807, 2.05) is 36.5 Å². The molecule has 0 unspecified atom stereocenters. The van der Waals surface area contributed by atoms with Crippen molar-refractivity contribution in [3.63, 3.8) is 0 Å². The van der Waals surface area contributed by atoms with E-state index in [1.165, 1.54) is 5.56 Å². The van der Waals surface area contributed by atoms with E-state index < -0.39 is 0 Å². The van der Waals surface area contributed by atoms with E-state index in [1.54, 1.807) is 19.5 Å². The SMILES string of the molecule is COc1cccc([C@@H](C)CNc2cnc3cc(-c4cn[nH]c4)ccc3n2)c1.Cl. The molecule has 2 N–H and O–H groups in total. The maximum absolute atomic E-state index is 5.30. The quantitative estimate of drug-likeness (QED) is 0.496. The third kappa shape index (κ3) is 4.23. The second kappa shape index (κ2) is 8.71. The Balaban J connectivity index is 0.00000225. The maximum atomic E-state index is 5.30. The summed E-state index contributed by atoms with van der Waals surface area (Å²) in [6.07, 6.45) is 5.44. The number of hydrogen-bond acceptors (Lipinski definition) is 5. The molecule has 144 valence electrons. The van der Waals surface area contributed by atoms with E-state index in [4.69, 9.17) is 4.74 Å². The molecule has 0 aliphatic carbocycles. The van der Waals surface area contributed by atoms with Crippen molar-refractivity contribution in [3.05, 3.63) is 66.6 Å². The fraction of sp³-hybridized carbons (Fsp3) is 0.190. The number of fused-ring (bicyclic) bond motifs is 1. The Morgan fingerprint density at radius 2 is 1.96 bits per heavy atom. The van der Waals surface area contributed by atoms with E-state index in [0.717, 1.165) is 40.3 Å². The lowest BCUT2D eigenvalue weighted by Crippen LogP contribution is -2.11. The van der Waals surface area contributed by atoms with Gasteiger partial charge in [0.05, 0.1) is 30.5 Å². The zero-order valence-electron chi connectivity index (χ0n) is 15.7. The molecule has 0 saturated carbocycles. The largest absolute Gasteiger partial charge is 0.497 e. The number of H-pyrrole nitrogens is 1. The Morgan fingerprint density at radius 1 is 1.07 bits per heavy atom. The number of aromatic amines is 1. The van der Waals surface area contributed by atoms with Gasteiger partial charge in [-0.05, 0) is 41.3 Å². The molecule has 28 heavy (non-hydrogen) atoms. The van der Waals surface area contributed by atoms with Crippen LogP contribution in [0.5, 0.6) is 5.75 Å². The van der Waals surface area contributed by atoms with Crippen molar-refractivity contribution in [3.8, 4) is 16.9 Å². The summed E-state index contributed by atoms with van der Waals surface area (Å²) >= 11 is 0. The van der Waals surface area contributed by atoms with Crippen molar-refractivity contribution < 1.29 is 4.74 Å². The summed E-state index contributed by atoms with van der Waals surface area (Å²) in [5.41, 5.74) is 5.05. The number of nitrogens with one attached hydrogen (secondary N) is 2. The summed E-state index contributed by atoms with van der Waals surface area (Å²) in [7, 11) is 1.69. The maximum Gasteiger partial charge on any atom is 0.145 e. The van der Waals surface area contributed by atoms with Crippen molar-refractivity contribution in [2.45, 2.75) is 12.8 Å². The van der Waals surface area contributed by atoms with Crippen LogP contribution in [0.2, 0.25) is 0 Å². The molecule has 0 aliphatic heterocycles. The van der Waals surface area contributed by atoms with Crippen LogP contribution in [0.25, 0.3) is 22.2 Å². The number of nitrogens with zero attached hydrogens (tertiary/aromatic N) is 3. The first-order valence-electron chi connectivity index (χ1n) is 8.87. The van der Waals surface area contributed by atoms with Crippen LogP contribution < -0.4 is 10.1 Å². The fourth-order valence-electron chi connectivity index (χ4n) is 3.01. The molecule has 0 radical (unpaired) electrons. The Hall–Kier alpha value is -3.12. The van der Waals surface area contributed by atoms with Gasteiger partial charge in [0.15, 0.2) is 0 Å². The molecule has 2 aromatic heterocycles. The van der Waals surface area contributed by atoms with Gasteiger partial charge in [-0.15, -0.1) is 12.4 Å². The Morgan fingerprint density at radius 3 is 2.75 bits per heavy atom. The summed E-state index contributed by atoms with van der Waals surface area (Å²) in [6.45, 7) is 2.94. The second-order valence-corrected chi connectivity index (χ2v) is 6.50. The van der Waals surface area contributed by atoms with E-state index in [0.29, 0.717) is 5.92 Å². The number of ether oxygens (including phenoxy) is 1. The third-order valence-electron chi connectivity index (χ3n) is 4.63. The van der Waals surface area contributed by atoms with Crippen molar-refractivity contribution in [1.82, 2.24) is 20.2 Å². The van der Waals surface area contributed by atoms with E-state index in [2.05, 4.69) is 44.5 Å². The van der Waals surface area contributed by atoms with Crippen molar-refractivity contribution in [2.24, 2.45) is 0 Å². The molecule has 6 nitrogen and oxygen atoms in total. The van der Waals surface area contributed by atoms with Crippen LogP contribution in [-0.4, -0.2) is 33.8 Å². The number of hydrogen-bond donors (Lipinski definition) is 2. The van der Waals surface area contributed by atoms with Gasteiger partial charge in [0.2, 0.25) is 0 Å². The van der Waals surface area contributed by atoms with E-state index in [-0.39, 0.29) is 12.4 Å². The average Bonchev–Trinajstić information content (AvgIpc) is 3.26. The molecule has 0 bridgehead atoms. The smallest absolute Gasteiger partial charge is 0.145 e. The summed E-state index contributed by atoms with van der Waals surface area (Å²) in [5, 5.41) is 10.2. The lowest BCUT2D eigenvalue weighted by atomic mass is 10.0. The minimum Gasteiger partial charge on any atom is -0.497 e. The highest BCUT2D eigenvalue weighted by atomic mass is 35.5. The van der Waals surface area contributed by atoms with Gasteiger partial charge in [-0.3, -0.25) is 10.1 Å². The highest BCUT2D eigenvalue weighted by molar-refractivity contribution is 5.85. The van der Waals surface area contributed by atoms with Crippen LogP contribution in [-0.2, 0) is 0 Å². The third-order valence-corrected chi connectivity index (χ3v) is 4.63. The van der Waals surface area contributed by atoms with Gasteiger partial charge in [-0.2, -0.15) is 5.10 Å². The van der Waals surface area contributed by atoms with Gasteiger partial charge in [0, 0.05) is 18.3 Å². The Kier molecular flexibility index (Phi) is 6.11. The number of anilines is 1. The van der Waals surface area contributed by atoms with Gasteiger partial charge in [0.25, 0.3) is 0 Å². The van der Waals surface area contributed by atoms with Crippen LogP contribution in [0.1, 0.15) is 18.4 Å². The molecule has 4 rings (SSSR count). The minimum atomic E-state index is 0. The fourth-order valence-corrected chi connectivity index (χ4v) is 3.01. The topological polar surface area (TPSA) is 75.7 Å². The first-order valence-corrected chi connectivity index (χ1v) is 8.87. The molecule has 7 heteroatoms. The molecule has 0 amide bonds. The molecule has 0 aliphatic rings. The predicted octanol–water partition coefficient (Wildman–Crippen LogP) is 4.67. The molecule has 1 atom stereocenters. The second-order valence-electron chi connectivity index (χ2n) is 6.50. The molecular formula is C21H22ClN5O. The van der Waals surface area contributed by atoms with Crippen LogP contribution in [0, 0.1) is 0 Å². The van der Waals surface area contributed by atoms with Gasteiger partial charge < -0.3 is 10.1 Å². The number of halogens is 1. The van der Waals surface area contributed by atoms with Gasteiger partial charge in [-0.25, -0.2) is 4.98 Å². The predicted molar refractivity (Wildman–Crippen MR) is 114 cm³/mol. The Labute approximate surface area is 169 Å². The number of methoxy groups -OCH3 is 1. The summed E-state index contributed by atoms with van der Waals surface area (Å²) in [5.74, 6) is 1.97. The molecule has 0 saturated heterocycles. The van der Waals surface area contributed by atoms with Crippen molar-refractivity contribution in [1.29, 1.82) is 0 Å².